The summed E-state index contributed by atoms with van der Waals surface area (Å²) >= 11 is 0. The van der Waals surface area contributed by atoms with Gasteiger partial charge < -0.3 is 15.5 Å². The summed E-state index contributed by atoms with van der Waals surface area (Å²) in [7, 11) is 0. The van der Waals surface area contributed by atoms with Crippen molar-refractivity contribution >= 4 is 11.9 Å². The van der Waals surface area contributed by atoms with Crippen molar-refractivity contribution in [2.24, 2.45) is 0 Å². The molecule has 1 saturated heterocycles. The molecule has 1 aromatic rings. The molecule has 0 saturated carbocycles. The molecule has 1 fully saturated rings. The highest BCUT2D eigenvalue weighted by atomic mass is 16.2. The number of carbonyl (C=O) groups is 2. The van der Waals surface area contributed by atoms with Crippen LogP contribution in [0.3, 0.4) is 0 Å². The number of nitrogens with one attached hydrogen (secondary N) is 2. The molecule has 2 rings (SSSR count). The summed E-state index contributed by atoms with van der Waals surface area (Å²) in [6, 6.07) is 10.1. The van der Waals surface area contributed by atoms with Crippen molar-refractivity contribution in [1.29, 1.82) is 0 Å². The lowest BCUT2D eigenvalue weighted by atomic mass is 10.0. The van der Waals surface area contributed by atoms with E-state index in [4.69, 9.17) is 0 Å². The molecule has 0 aliphatic carbocycles. The molecule has 0 spiro atoms. The fourth-order valence-corrected chi connectivity index (χ4v) is 2.89. The minimum atomic E-state index is -0.238. The molecule has 0 aromatic heterocycles. The summed E-state index contributed by atoms with van der Waals surface area (Å²) in [5.41, 5.74) is 0.958. The summed E-state index contributed by atoms with van der Waals surface area (Å²) in [5.74, 6) is 0.205. The van der Waals surface area contributed by atoms with Crippen molar-refractivity contribution in [2.45, 2.75) is 58.0 Å². The van der Waals surface area contributed by atoms with Gasteiger partial charge in [-0.3, -0.25) is 4.79 Å². The molecule has 0 bridgehead atoms. The Hall–Kier alpha value is -2.04. The average Bonchev–Trinajstić information content (AvgIpc) is 2.52. The number of hydrogen-bond donors (Lipinski definition) is 2. The SMILES string of the molecule is CC(C)(C)NC(=O)NC1CCN(C(=O)CCc2ccccc2)CC1. The third kappa shape index (κ3) is 6.22. The van der Waals surface area contributed by atoms with E-state index in [1.165, 1.54) is 5.56 Å². The van der Waals surface area contributed by atoms with E-state index in [2.05, 4.69) is 22.8 Å². The third-order valence-electron chi connectivity index (χ3n) is 4.14. The number of likely N-dealkylation sites (tertiary alicyclic amines) is 1. The summed E-state index contributed by atoms with van der Waals surface area (Å²) in [6.45, 7) is 7.31. The first kappa shape index (κ1) is 18.3. The highest BCUT2D eigenvalue weighted by molar-refractivity contribution is 5.77. The van der Waals surface area contributed by atoms with E-state index in [9.17, 15) is 9.59 Å². The fourth-order valence-electron chi connectivity index (χ4n) is 2.89. The molecule has 0 atom stereocenters. The van der Waals surface area contributed by atoms with Gasteiger partial charge in [0.1, 0.15) is 0 Å². The highest BCUT2D eigenvalue weighted by Crippen LogP contribution is 2.13. The van der Waals surface area contributed by atoms with Gasteiger partial charge >= 0.3 is 6.03 Å². The maximum Gasteiger partial charge on any atom is 0.315 e. The number of piperidine rings is 1. The Labute approximate surface area is 144 Å². The molecule has 1 aromatic carbocycles. The number of hydrogen-bond acceptors (Lipinski definition) is 2. The van der Waals surface area contributed by atoms with Crippen LogP contribution < -0.4 is 10.6 Å². The first-order valence-corrected chi connectivity index (χ1v) is 8.74. The Morgan fingerprint density at radius 3 is 2.33 bits per heavy atom. The van der Waals surface area contributed by atoms with E-state index in [1.54, 1.807) is 0 Å². The van der Waals surface area contributed by atoms with Gasteiger partial charge in [0.25, 0.3) is 0 Å². The number of urea groups is 1. The van der Waals surface area contributed by atoms with E-state index in [0.29, 0.717) is 19.5 Å². The number of nitrogens with zero attached hydrogens (tertiary/aromatic N) is 1. The van der Waals surface area contributed by atoms with Crippen LogP contribution in [-0.4, -0.2) is 41.5 Å². The maximum atomic E-state index is 12.3. The Morgan fingerprint density at radius 1 is 1.12 bits per heavy atom. The van der Waals surface area contributed by atoms with Gasteiger partial charge in [0.15, 0.2) is 0 Å². The second-order valence-corrected chi connectivity index (χ2v) is 7.49. The fraction of sp³-hybridized carbons (Fsp3) is 0.579. The quantitative estimate of drug-likeness (QED) is 0.891. The smallest absolute Gasteiger partial charge is 0.315 e. The molecule has 132 valence electrons. The first-order chi connectivity index (χ1) is 11.3. The molecule has 3 amide bonds. The van der Waals surface area contributed by atoms with Crippen LogP contribution in [0.25, 0.3) is 0 Å². The van der Waals surface area contributed by atoms with Crippen LogP contribution in [-0.2, 0) is 11.2 Å². The Bertz CT molecular complexity index is 543. The van der Waals surface area contributed by atoms with Gasteiger partial charge in [-0.15, -0.1) is 0 Å². The molecule has 1 heterocycles. The van der Waals surface area contributed by atoms with Crippen molar-refractivity contribution in [3.05, 3.63) is 35.9 Å². The summed E-state index contributed by atoms with van der Waals surface area (Å²) in [5, 5.41) is 5.91. The van der Waals surface area contributed by atoms with Crippen LogP contribution in [0.1, 0.15) is 45.6 Å². The molecule has 1 aliphatic heterocycles. The zero-order valence-corrected chi connectivity index (χ0v) is 15.0. The predicted octanol–water partition coefficient (Wildman–Crippen LogP) is 2.71. The number of carbonyl (C=O) groups excluding carboxylic acids is 2. The zero-order valence-electron chi connectivity index (χ0n) is 15.0. The molecule has 0 radical (unpaired) electrons. The topological polar surface area (TPSA) is 61.4 Å². The number of benzene rings is 1. The summed E-state index contributed by atoms with van der Waals surface area (Å²) in [6.07, 6.45) is 2.96. The normalized spacial score (nSPS) is 15.9. The van der Waals surface area contributed by atoms with Gasteiger partial charge in [-0.25, -0.2) is 4.79 Å². The molecule has 24 heavy (non-hydrogen) atoms. The molecular formula is C19H29N3O2. The lowest BCUT2D eigenvalue weighted by Gasteiger charge is -2.33. The van der Waals surface area contributed by atoms with Gasteiger partial charge in [0, 0.05) is 31.1 Å². The second-order valence-electron chi connectivity index (χ2n) is 7.49. The van der Waals surface area contributed by atoms with E-state index in [-0.39, 0.29) is 23.5 Å². The summed E-state index contributed by atoms with van der Waals surface area (Å²) < 4.78 is 0. The zero-order chi connectivity index (χ0) is 17.6. The standard InChI is InChI=1S/C19H29N3O2/c1-19(2,3)21-18(24)20-16-11-13-22(14-12-16)17(23)10-9-15-7-5-4-6-8-15/h4-8,16H,9-14H2,1-3H3,(H2,20,21,24). The van der Waals surface area contributed by atoms with E-state index in [1.807, 2.05) is 43.9 Å². The van der Waals surface area contributed by atoms with Gasteiger partial charge in [-0.2, -0.15) is 0 Å². The number of rotatable bonds is 4. The predicted molar refractivity (Wildman–Crippen MR) is 95.8 cm³/mol. The average molecular weight is 331 g/mol. The van der Waals surface area contributed by atoms with Crippen molar-refractivity contribution in [1.82, 2.24) is 15.5 Å². The van der Waals surface area contributed by atoms with Crippen LogP contribution >= 0.6 is 0 Å². The van der Waals surface area contributed by atoms with Crippen LogP contribution in [0.5, 0.6) is 0 Å². The number of aryl methyl sites for hydroxylation is 1. The molecule has 0 unspecified atom stereocenters. The Morgan fingerprint density at radius 2 is 1.75 bits per heavy atom. The first-order valence-electron chi connectivity index (χ1n) is 8.74. The lowest BCUT2D eigenvalue weighted by Crippen LogP contribution is -2.52. The van der Waals surface area contributed by atoms with Gasteiger partial charge in [0.05, 0.1) is 0 Å². The molecular weight excluding hydrogens is 302 g/mol. The van der Waals surface area contributed by atoms with Crippen molar-refractivity contribution in [3.8, 4) is 0 Å². The lowest BCUT2D eigenvalue weighted by molar-refractivity contribution is -0.132. The largest absolute Gasteiger partial charge is 0.343 e. The van der Waals surface area contributed by atoms with Gasteiger partial charge in [-0.05, 0) is 45.6 Å². The highest BCUT2D eigenvalue weighted by Gasteiger charge is 2.24. The van der Waals surface area contributed by atoms with Crippen LogP contribution in [0.15, 0.2) is 30.3 Å². The third-order valence-corrected chi connectivity index (χ3v) is 4.14. The van der Waals surface area contributed by atoms with Gasteiger partial charge in [0.2, 0.25) is 5.91 Å². The van der Waals surface area contributed by atoms with Crippen LogP contribution in [0.2, 0.25) is 0 Å². The molecule has 1 aliphatic rings. The Balaban J connectivity index is 1.70. The van der Waals surface area contributed by atoms with Crippen LogP contribution in [0, 0.1) is 0 Å². The van der Waals surface area contributed by atoms with Crippen molar-refractivity contribution in [3.63, 3.8) is 0 Å². The van der Waals surface area contributed by atoms with Crippen LogP contribution in [0.4, 0.5) is 4.79 Å². The second kappa shape index (κ2) is 8.18. The minimum absolute atomic E-state index is 0.128. The summed E-state index contributed by atoms with van der Waals surface area (Å²) in [4.78, 5) is 26.1. The van der Waals surface area contributed by atoms with E-state index in [0.717, 1.165) is 19.3 Å². The maximum absolute atomic E-state index is 12.3. The van der Waals surface area contributed by atoms with Crippen molar-refractivity contribution in [2.75, 3.05) is 13.1 Å². The molecule has 5 heteroatoms. The Kier molecular flexibility index (Phi) is 6.23. The van der Waals surface area contributed by atoms with Crippen molar-refractivity contribution < 1.29 is 9.59 Å². The van der Waals surface area contributed by atoms with E-state index < -0.39 is 0 Å². The molecule has 5 nitrogen and oxygen atoms in total. The van der Waals surface area contributed by atoms with E-state index >= 15 is 0 Å². The molecule has 2 N–H and O–H groups in total. The minimum Gasteiger partial charge on any atom is -0.343 e. The monoisotopic (exact) mass is 331 g/mol. The van der Waals surface area contributed by atoms with Gasteiger partial charge in [-0.1, -0.05) is 30.3 Å². The number of amides is 3.